The largest absolute Gasteiger partial charge is 0.444 e. The van der Waals surface area contributed by atoms with Gasteiger partial charge in [0.1, 0.15) is 5.60 Å². The maximum Gasteiger partial charge on any atom is 0.410 e. The van der Waals surface area contributed by atoms with Crippen LogP contribution in [0.15, 0.2) is 54.7 Å². The van der Waals surface area contributed by atoms with E-state index in [1.165, 1.54) is 5.57 Å². The fourth-order valence-electron chi connectivity index (χ4n) is 4.11. The van der Waals surface area contributed by atoms with E-state index in [0.29, 0.717) is 13.1 Å². The summed E-state index contributed by atoms with van der Waals surface area (Å²) in [5.41, 5.74) is 5.52. The lowest BCUT2D eigenvalue weighted by Gasteiger charge is -2.29. The molecule has 2 aromatic carbocycles. The van der Waals surface area contributed by atoms with Gasteiger partial charge in [-0.25, -0.2) is 4.79 Å². The highest BCUT2D eigenvalue weighted by Gasteiger charge is 2.24. The molecular formula is C26H27N5O2. The number of nitrogens with zero attached hydrogens (tertiary/aromatic N) is 5. The van der Waals surface area contributed by atoms with Crippen molar-refractivity contribution in [3.8, 4) is 11.3 Å². The lowest BCUT2D eigenvalue weighted by atomic mass is 9.98. The number of carbonyl (C=O) groups is 1. The normalized spacial score (nSPS) is 14.5. The molecule has 4 aromatic rings. The predicted molar refractivity (Wildman–Crippen MR) is 130 cm³/mol. The minimum atomic E-state index is -0.485. The van der Waals surface area contributed by atoms with Crippen molar-refractivity contribution >= 4 is 33.5 Å². The third kappa shape index (κ3) is 4.44. The number of hydrogen-bond donors (Lipinski definition) is 0. The molecule has 33 heavy (non-hydrogen) atoms. The molecule has 0 saturated heterocycles. The van der Waals surface area contributed by atoms with Crippen LogP contribution in [0.4, 0.5) is 4.79 Å². The number of fused-ring (bicyclic) bond motifs is 2. The first-order valence-corrected chi connectivity index (χ1v) is 11.1. The lowest BCUT2D eigenvalue weighted by molar-refractivity contribution is 0.0270. The maximum absolute atomic E-state index is 12.3. The molecule has 3 heterocycles. The molecule has 0 saturated carbocycles. The number of ether oxygens (including phenoxy) is 1. The predicted octanol–water partition coefficient (Wildman–Crippen LogP) is 5.21. The van der Waals surface area contributed by atoms with E-state index in [4.69, 9.17) is 4.74 Å². The average Bonchev–Trinajstić information content (AvgIpc) is 3.16. The highest BCUT2D eigenvalue weighted by Crippen LogP contribution is 2.28. The van der Waals surface area contributed by atoms with Crippen LogP contribution in [-0.4, -0.2) is 49.7 Å². The number of aromatic nitrogens is 4. The molecule has 0 atom stereocenters. The zero-order valence-electron chi connectivity index (χ0n) is 19.4. The number of amides is 1. The molecular weight excluding hydrogens is 414 g/mol. The highest BCUT2D eigenvalue weighted by molar-refractivity contribution is 5.88. The average molecular weight is 442 g/mol. The summed E-state index contributed by atoms with van der Waals surface area (Å²) in [6.07, 6.45) is 4.61. The van der Waals surface area contributed by atoms with E-state index in [0.717, 1.165) is 45.0 Å². The summed E-state index contributed by atoms with van der Waals surface area (Å²) in [6.45, 7) is 6.84. The zero-order valence-corrected chi connectivity index (χ0v) is 19.4. The maximum atomic E-state index is 12.3. The Kier molecular flexibility index (Phi) is 5.12. The fourth-order valence-corrected chi connectivity index (χ4v) is 4.11. The summed E-state index contributed by atoms with van der Waals surface area (Å²) in [6, 6.07) is 14.5. The Morgan fingerprint density at radius 1 is 0.970 bits per heavy atom. The van der Waals surface area contributed by atoms with Gasteiger partial charge in [-0.3, -0.25) is 4.68 Å². The van der Waals surface area contributed by atoms with Gasteiger partial charge in [0.25, 0.3) is 0 Å². The van der Waals surface area contributed by atoms with E-state index >= 15 is 0 Å². The van der Waals surface area contributed by atoms with Crippen LogP contribution in [0.3, 0.4) is 0 Å². The van der Waals surface area contributed by atoms with Crippen molar-refractivity contribution in [2.75, 3.05) is 13.1 Å². The van der Waals surface area contributed by atoms with E-state index in [2.05, 4.69) is 51.7 Å². The molecule has 7 heteroatoms. The second kappa shape index (κ2) is 7.99. The third-order valence-corrected chi connectivity index (χ3v) is 5.73. The van der Waals surface area contributed by atoms with Gasteiger partial charge in [0.05, 0.1) is 16.7 Å². The molecule has 0 radical (unpaired) electrons. The van der Waals surface area contributed by atoms with Crippen molar-refractivity contribution in [2.24, 2.45) is 7.05 Å². The van der Waals surface area contributed by atoms with Crippen LogP contribution in [0.1, 0.15) is 32.8 Å². The van der Waals surface area contributed by atoms with Gasteiger partial charge in [0.2, 0.25) is 0 Å². The summed E-state index contributed by atoms with van der Waals surface area (Å²) >= 11 is 0. The first-order valence-electron chi connectivity index (χ1n) is 11.1. The Morgan fingerprint density at radius 2 is 1.79 bits per heavy atom. The Morgan fingerprint density at radius 3 is 2.55 bits per heavy atom. The number of rotatable bonds is 2. The van der Waals surface area contributed by atoms with Gasteiger partial charge in [0.15, 0.2) is 0 Å². The molecule has 1 aliphatic heterocycles. The molecule has 0 spiro atoms. The third-order valence-electron chi connectivity index (χ3n) is 5.73. The summed E-state index contributed by atoms with van der Waals surface area (Å²) < 4.78 is 7.30. The van der Waals surface area contributed by atoms with E-state index < -0.39 is 5.60 Å². The zero-order chi connectivity index (χ0) is 23.2. The van der Waals surface area contributed by atoms with Gasteiger partial charge < -0.3 is 9.64 Å². The first-order chi connectivity index (χ1) is 15.7. The molecule has 7 nitrogen and oxygen atoms in total. The van der Waals surface area contributed by atoms with Crippen molar-refractivity contribution in [3.63, 3.8) is 0 Å². The second-order valence-electron chi connectivity index (χ2n) is 9.49. The van der Waals surface area contributed by atoms with Gasteiger partial charge in [0, 0.05) is 42.7 Å². The van der Waals surface area contributed by atoms with Gasteiger partial charge in [-0.1, -0.05) is 24.3 Å². The van der Waals surface area contributed by atoms with E-state index in [1.54, 1.807) is 4.90 Å². The van der Waals surface area contributed by atoms with E-state index in [1.807, 2.05) is 50.8 Å². The van der Waals surface area contributed by atoms with Crippen molar-refractivity contribution in [2.45, 2.75) is 32.8 Å². The van der Waals surface area contributed by atoms with Crippen molar-refractivity contribution in [1.82, 2.24) is 24.9 Å². The molecule has 5 rings (SSSR count). The molecule has 0 aliphatic carbocycles. The molecule has 0 fully saturated rings. The van der Waals surface area contributed by atoms with E-state index in [9.17, 15) is 4.79 Å². The smallest absolute Gasteiger partial charge is 0.410 e. The minimum absolute atomic E-state index is 0.265. The van der Waals surface area contributed by atoms with Gasteiger partial charge in [-0.05, 0) is 62.6 Å². The topological polar surface area (TPSA) is 73.1 Å². The lowest BCUT2D eigenvalue weighted by Crippen LogP contribution is -2.39. The minimum Gasteiger partial charge on any atom is -0.444 e. The summed E-state index contributed by atoms with van der Waals surface area (Å²) in [7, 11) is 1.92. The standard InChI is InChI=1S/C26H27N5O2/c1-26(2,3)33-25(32)31-11-9-17(10-12-31)18-5-6-20-15-24(28-27-23(20)14-18)19-7-8-22-21(13-19)16-30(4)29-22/h5-9,13-16H,10-12H2,1-4H3. The van der Waals surface area contributed by atoms with Gasteiger partial charge in [-0.15, -0.1) is 10.2 Å². The Balaban J connectivity index is 1.36. The summed E-state index contributed by atoms with van der Waals surface area (Å²) in [5, 5.41) is 15.5. The Hall–Kier alpha value is -3.74. The van der Waals surface area contributed by atoms with E-state index in [-0.39, 0.29) is 6.09 Å². The Bertz CT molecular complexity index is 1400. The fraction of sp³-hybridized carbons (Fsp3) is 0.308. The van der Waals surface area contributed by atoms with Gasteiger partial charge in [-0.2, -0.15) is 5.10 Å². The molecule has 1 amide bonds. The number of hydrogen-bond acceptors (Lipinski definition) is 5. The number of aryl methyl sites for hydroxylation is 1. The number of carbonyl (C=O) groups excluding carboxylic acids is 1. The van der Waals surface area contributed by atoms with Crippen LogP contribution in [0.2, 0.25) is 0 Å². The first kappa shape index (κ1) is 21.1. The molecule has 1 aliphatic rings. The van der Waals surface area contributed by atoms with Crippen LogP contribution < -0.4 is 0 Å². The monoisotopic (exact) mass is 441 g/mol. The highest BCUT2D eigenvalue weighted by atomic mass is 16.6. The Labute approximate surface area is 192 Å². The van der Waals surface area contributed by atoms with Crippen molar-refractivity contribution in [3.05, 3.63) is 60.3 Å². The van der Waals surface area contributed by atoms with Crippen LogP contribution in [0.25, 0.3) is 38.6 Å². The molecule has 0 unspecified atom stereocenters. The molecule has 168 valence electrons. The van der Waals surface area contributed by atoms with Crippen LogP contribution >= 0.6 is 0 Å². The van der Waals surface area contributed by atoms with Crippen molar-refractivity contribution < 1.29 is 9.53 Å². The quantitative estimate of drug-likeness (QED) is 0.427. The SMILES string of the molecule is Cn1cc2cc(-c3cc4ccc(C5=CCN(C(=O)OC(C)(C)C)CC5)cc4nn3)ccc2n1. The molecule has 0 N–H and O–H groups in total. The van der Waals surface area contributed by atoms with Crippen molar-refractivity contribution in [1.29, 1.82) is 0 Å². The van der Waals surface area contributed by atoms with Crippen LogP contribution in [0.5, 0.6) is 0 Å². The van der Waals surface area contributed by atoms with Gasteiger partial charge >= 0.3 is 6.09 Å². The summed E-state index contributed by atoms with van der Waals surface area (Å²) in [4.78, 5) is 14.0. The molecule has 0 bridgehead atoms. The molecule has 2 aromatic heterocycles. The van der Waals surface area contributed by atoms with Crippen LogP contribution in [-0.2, 0) is 11.8 Å². The van der Waals surface area contributed by atoms with Crippen LogP contribution in [0, 0.1) is 0 Å². The second-order valence-corrected chi connectivity index (χ2v) is 9.49. The summed E-state index contributed by atoms with van der Waals surface area (Å²) in [5.74, 6) is 0. The number of benzene rings is 2.